The van der Waals surface area contributed by atoms with Gasteiger partial charge in [0, 0.05) is 12.1 Å². The van der Waals surface area contributed by atoms with Crippen LogP contribution in [0.3, 0.4) is 0 Å². The van der Waals surface area contributed by atoms with Crippen LogP contribution < -0.4 is 16.0 Å². The molecule has 3 aromatic carbocycles. The summed E-state index contributed by atoms with van der Waals surface area (Å²) in [6.07, 6.45) is 0.234. The molecule has 1 heterocycles. The Bertz CT molecular complexity index is 1320. The molecule has 1 atom stereocenters. The lowest BCUT2D eigenvalue weighted by atomic mass is 9.83. The quantitative estimate of drug-likeness (QED) is 0.414. The Balaban J connectivity index is 1.44. The lowest BCUT2D eigenvalue weighted by Gasteiger charge is -2.27. The number of nitrogens with one attached hydrogen (secondary N) is 3. The zero-order valence-electron chi connectivity index (χ0n) is 21.1. The third-order valence-corrected chi connectivity index (χ3v) is 6.44. The number of rotatable bonds is 8. The van der Waals surface area contributed by atoms with E-state index in [4.69, 9.17) is 0 Å². The molecule has 0 aromatic heterocycles. The van der Waals surface area contributed by atoms with E-state index in [0.717, 1.165) is 27.2 Å². The summed E-state index contributed by atoms with van der Waals surface area (Å²) in [6.45, 7) is 5.00. The van der Waals surface area contributed by atoms with Gasteiger partial charge in [0.25, 0.3) is 5.91 Å². The monoisotopic (exact) mass is 498 g/mol. The predicted octanol–water partition coefficient (Wildman–Crippen LogP) is 3.36. The van der Waals surface area contributed by atoms with Crippen molar-refractivity contribution in [3.63, 3.8) is 0 Å². The topological polar surface area (TPSA) is 108 Å². The van der Waals surface area contributed by atoms with Crippen LogP contribution in [0.5, 0.6) is 0 Å². The van der Waals surface area contributed by atoms with Gasteiger partial charge in [-0.2, -0.15) is 0 Å². The van der Waals surface area contributed by atoms with Crippen molar-refractivity contribution in [2.45, 2.75) is 32.7 Å². The van der Waals surface area contributed by atoms with Gasteiger partial charge in [0.2, 0.25) is 11.8 Å². The van der Waals surface area contributed by atoms with E-state index >= 15 is 0 Å². The fourth-order valence-corrected chi connectivity index (χ4v) is 4.75. The minimum Gasteiger partial charge on any atom is -0.345 e. The van der Waals surface area contributed by atoms with E-state index in [0.29, 0.717) is 11.3 Å². The number of anilines is 1. The van der Waals surface area contributed by atoms with Crippen molar-refractivity contribution < 1.29 is 19.2 Å². The smallest absolute Gasteiger partial charge is 0.325 e. The molecular formula is C29H30N4O4. The van der Waals surface area contributed by atoms with Crippen molar-refractivity contribution in [2.24, 2.45) is 0 Å². The molecule has 3 aromatic rings. The maximum Gasteiger partial charge on any atom is 0.325 e. The molecule has 37 heavy (non-hydrogen) atoms. The van der Waals surface area contributed by atoms with Gasteiger partial charge in [-0.3, -0.25) is 19.3 Å². The van der Waals surface area contributed by atoms with Crippen molar-refractivity contribution >= 4 is 29.4 Å². The Morgan fingerprint density at radius 3 is 2.08 bits per heavy atom. The summed E-state index contributed by atoms with van der Waals surface area (Å²) in [6, 6.07) is 21.6. The molecule has 0 spiro atoms. The number of carbonyl (C=O) groups excluding carboxylic acids is 4. The third-order valence-electron chi connectivity index (χ3n) is 6.44. The first-order valence-electron chi connectivity index (χ1n) is 12.1. The zero-order valence-corrected chi connectivity index (χ0v) is 21.1. The number of benzene rings is 3. The minimum atomic E-state index is -1.34. The van der Waals surface area contributed by atoms with E-state index in [2.05, 4.69) is 16.0 Å². The average molecular weight is 499 g/mol. The average Bonchev–Trinajstić information content (AvgIpc) is 3.11. The minimum absolute atomic E-state index is 0.234. The van der Waals surface area contributed by atoms with Gasteiger partial charge >= 0.3 is 6.03 Å². The van der Waals surface area contributed by atoms with Crippen LogP contribution in [-0.2, 0) is 26.3 Å². The number of nitrogens with zero attached hydrogens (tertiary/aromatic N) is 1. The van der Waals surface area contributed by atoms with Crippen LogP contribution in [0, 0.1) is 20.8 Å². The lowest BCUT2D eigenvalue weighted by Crippen LogP contribution is -2.47. The molecular weight excluding hydrogens is 468 g/mol. The molecule has 1 fully saturated rings. The van der Waals surface area contributed by atoms with Crippen LogP contribution in [0.4, 0.5) is 10.5 Å². The summed E-state index contributed by atoms with van der Waals surface area (Å²) in [5, 5.41) is 8.16. The summed E-state index contributed by atoms with van der Waals surface area (Å²) >= 11 is 0. The van der Waals surface area contributed by atoms with Crippen LogP contribution in [-0.4, -0.2) is 41.7 Å². The molecule has 5 amide bonds. The lowest BCUT2D eigenvalue weighted by molar-refractivity contribution is -0.135. The normalized spacial score (nSPS) is 16.9. The fraction of sp³-hybridized carbons (Fsp3) is 0.241. The molecule has 0 saturated carbocycles. The van der Waals surface area contributed by atoms with Gasteiger partial charge in [0.1, 0.15) is 6.54 Å². The SMILES string of the molecule is Cc1cc(C)c(NC(=O)CNC(=O)CN2C(=O)NC(Cc3ccccc3)(c3ccccc3)C2=O)c(C)c1. The zero-order chi connectivity index (χ0) is 26.6. The van der Waals surface area contributed by atoms with Gasteiger partial charge in [0.05, 0.1) is 6.54 Å². The van der Waals surface area contributed by atoms with Gasteiger partial charge in [-0.15, -0.1) is 0 Å². The highest BCUT2D eigenvalue weighted by Crippen LogP contribution is 2.33. The van der Waals surface area contributed by atoms with Crippen molar-refractivity contribution in [3.05, 3.63) is 101 Å². The number of hydrogen-bond donors (Lipinski definition) is 3. The van der Waals surface area contributed by atoms with Gasteiger partial charge in [-0.1, -0.05) is 78.4 Å². The Labute approximate surface area is 216 Å². The second-order valence-corrected chi connectivity index (χ2v) is 9.35. The van der Waals surface area contributed by atoms with E-state index in [-0.39, 0.29) is 13.0 Å². The molecule has 3 N–H and O–H groups in total. The summed E-state index contributed by atoms with van der Waals surface area (Å²) in [5.41, 5.74) is 3.80. The molecule has 8 nitrogen and oxygen atoms in total. The summed E-state index contributed by atoms with van der Waals surface area (Å²) in [5.74, 6) is -1.53. The first kappa shape index (κ1) is 25.6. The summed E-state index contributed by atoms with van der Waals surface area (Å²) < 4.78 is 0. The van der Waals surface area contributed by atoms with Gasteiger partial charge in [-0.05, 0) is 43.0 Å². The van der Waals surface area contributed by atoms with Crippen molar-refractivity contribution in [2.75, 3.05) is 18.4 Å². The third kappa shape index (κ3) is 5.53. The molecule has 190 valence electrons. The first-order valence-corrected chi connectivity index (χ1v) is 12.1. The molecule has 8 heteroatoms. The Morgan fingerprint density at radius 1 is 0.865 bits per heavy atom. The number of imide groups is 1. The van der Waals surface area contributed by atoms with Crippen molar-refractivity contribution in [1.82, 2.24) is 15.5 Å². The molecule has 4 rings (SSSR count). The summed E-state index contributed by atoms with van der Waals surface area (Å²) in [7, 11) is 0. The number of amides is 5. The van der Waals surface area contributed by atoms with Gasteiger partial charge in [-0.25, -0.2) is 4.79 Å². The van der Waals surface area contributed by atoms with Crippen LogP contribution in [0.2, 0.25) is 0 Å². The Hall–Kier alpha value is -4.46. The van der Waals surface area contributed by atoms with Crippen molar-refractivity contribution in [3.8, 4) is 0 Å². The van der Waals surface area contributed by atoms with E-state index in [1.54, 1.807) is 24.3 Å². The number of hydrogen-bond acceptors (Lipinski definition) is 4. The molecule has 1 unspecified atom stereocenters. The van der Waals surface area contributed by atoms with Gasteiger partial charge in [0.15, 0.2) is 5.54 Å². The number of urea groups is 1. The largest absolute Gasteiger partial charge is 0.345 e. The number of aryl methyl sites for hydroxylation is 3. The van der Waals surface area contributed by atoms with Crippen LogP contribution >= 0.6 is 0 Å². The Morgan fingerprint density at radius 2 is 1.46 bits per heavy atom. The highest BCUT2D eigenvalue weighted by molar-refractivity contribution is 6.09. The molecule has 1 saturated heterocycles. The van der Waals surface area contributed by atoms with Crippen LogP contribution in [0.25, 0.3) is 0 Å². The maximum absolute atomic E-state index is 13.6. The first-order chi connectivity index (χ1) is 17.7. The molecule has 0 radical (unpaired) electrons. The second kappa shape index (κ2) is 10.7. The van der Waals surface area contributed by atoms with Crippen molar-refractivity contribution in [1.29, 1.82) is 0 Å². The van der Waals surface area contributed by atoms with E-state index in [9.17, 15) is 19.2 Å². The summed E-state index contributed by atoms with van der Waals surface area (Å²) in [4.78, 5) is 52.6. The highest BCUT2D eigenvalue weighted by atomic mass is 16.2. The highest BCUT2D eigenvalue weighted by Gasteiger charge is 2.52. The van der Waals surface area contributed by atoms with Crippen LogP contribution in [0.15, 0.2) is 72.8 Å². The molecule has 0 aliphatic carbocycles. The standard InChI is InChI=1S/C29H30N4O4/c1-19-14-20(2)26(21(3)15-19)31-24(34)17-30-25(35)18-33-27(36)29(32-28(33)37,23-12-8-5-9-13-23)16-22-10-6-4-7-11-22/h4-15H,16-18H2,1-3H3,(H,30,35)(H,31,34)(H,32,37). The number of carbonyl (C=O) groups is 4. The fourth-order valence-electron chi connectivity index (χ4n) is 4.75. The predicted molar refractivity (Wildman–Crippen MR) is 141 cm³/mol. The van der Waals surface area contributed by atoms with E-state index in [1.165, 1.54) is 0 Å². The maximum atomic E-state index is 13.6. The second-order valence-electron chi connectivity index (χ2n) is 9.35. The van der Waals surface area contributed by atoms with Crippen LogP contribution in [0.1, 0.15) is 27.8 Å². The Kier molecular flexibility index (Phi) is 7.38. The molecule has 1 aliphatic rings. The van der Waals surface area contributed by atoms with E-state index < -0.39 is 35.8 Å². The molecule has 1 aliphatic heterocycles. The van der Waals surface area contributed by atoms with E-state index in [1.807, 2.05) is 69.3 Å². The molecule has 0 bridgehead atoms. The van der Waals surface area contributed by atoms with Gasteiger partial charge < -0.3 is 16.0 Å².